The van der Waals surface area contributed by atoms with Crippen molar-refractivity contribution in [3.05, 3.63) is 80.7 Å². The molecule has 0 spiro atoms. The van der Waals surface area contributed by atoms with Gasteiger partial charge in [0.2, 0.25) is 0 Å². The Morgan fingerprint density at radius 2 is 1.71 bits per heavy atom. The molecule has 0 saturated carbocycles. The van der Waals surface area contributed by atoms with Gasteiger partial charge in [-0.2, -0.15) is 0 Å². The molecule has 0 fully saturated rings. The Bertz CT molecular complexity index is 1080. The van der Waals surface area contributed by atoms with Crippen molar-refractivity contribution in [2.75, 3.05) is 10.6 Å². The highest BCUT2D eigenvalue weighted by molar-refractivity contribution is 7.18. The average Bonchev–Trinajstić information content (AvgIpc) is 2.98. The quantitative estimate of drug-likeness (QED) is 0.560. The van der Waals surface area contributed by atoms with Crippen molar-refractivity contribution < 1.29 is 18.4 Å². The molecule has 28 heavy (non-hydrogen) atoms. The largest absolute Gasteiger partial charge is 0.319 e. The minimum Gasteiger partial charge on any atom is -0.319 e. The summed E-state index contributed by atoms with van der Waals surface area (Å²) in [4.78, 5) is 25.2. The van der Waals surface area contributed by atoms with E-state index in [2.05, 4.69) is 10.6 Å². The molecule has 2 aromatic carbocycles. The number of halogens is 3. The van der Waals surface area contributed by atoms with Crippen LogP contribution in [0.25, 0.3) is 0 Å². The van der Waals surface area contributed by atoms with Gasteiger partial charge >= 0.3 is 0 Å². The maximum absolute atomic E-state index is 13.9. The van der Waals surface area contributed by atoms with Gasteiger partial charge in [-0.3, -0.25) is 9.59 Å². The molecular formula is C20H15ClF2N2O2S. The van der Waals surface area contributed by atoms with Crippen molar-refractivity contribution in [1.29, 1.82) is 0 Å². The van der Waals surface area contributed by atoms with Gasteiger partial charge in [0.25, 0.3) is 11.8 Å². The number of aryl methyl sites for hydroxylation is 2. The SMILES string of the molecule is Cc1ccc(F)c(NC(=O)c2sc(NC(=O)c3ccc(F)cc3Cl)cc2C)c1. The van der Waals surface area contributed by atoms with E-state index in [-0.39, 0.29) is 16.3 Å². The smallest absolute Gasteiger partial charge is 0.266 e. The third-order valence-electron chi connectivity index (χ3n) is 3.91. The number of benzene rings is 2. The van der Waals surface area contributed by atoms with Crippen LogP contribution in [0.2, 0.25) is 5.02 Å². The lowest BCUT2D eigenvalue weighted by atomic mass is 10.2. The number of anilines is 2. The van der Waals surface area contributed by atoms with Crippen molar-refractivity contribution in [2.45, 2.75) is 13.8 Å². The molecule has 4 nitrogen and oxygen atoms in total. The molecule has 0 aliphatic rings. The number of amides is 2. The molecule has 0 saturated heterocycles. The fourth-order valence-electron chi connectivity index (χ4n) is 2.54. The molecule has 144 valence electrons. The number of carbonyl (C=O) groups excluding carboxylic acids is 2. The number of hydrogen-bond donors (Lipinski definition) is 2. The van der Waals surface area contributed by atoms with Gasteiger partial charge in [-0.1, -0.05) is 17.7 Å². The maximum Gasteiger partial charge on any atom is 0.266 e. The molecule has 0 aliphatic heterocycles. The number of thiophene rings is 1. The first-order chi connectivity index (χ1) is 13.2. The van der Waals surface area contributed by atoms with E-state index in [0.717, 1.165) is 29.0 Å². The van der Waals surface area contributed by atoms with Crippen LogP contribution in [0, 0.1) is 25.5 Å². The Labute approximate surface area is 169 Å². The van der Waals surface area contributed by atoms with Crippen LogP contribution in [0.15, 0.2) is 42.5 Å². The second-order valence-corrected chi connectivity index (χ2v) is 7.60. The van der Waals surface area contributed by atoms with Crippen molar-refractivity contribution in [3.63, 3.8) is 0 Å². The lowest BCUT2D eigenvalue weighted by Crippen LogP contribution is -2.13. The van der Waals surface area contributed by atoms with Gasteiger partial charge in [0.05, 0.1) is 26.2 Å². The molecule has 1 heterocycles. The molecule has 3 aromatic rings. The van der Waals surface area contributed by atoms with Crippen LogP contribution in [0.3, 0.4) is 0 Å². The Balaban J connectivity index is 1.78. The Morgan fingerprint density at radius 1 is 0.964 bits per heavy atom. The highest BCUT2D eigenvalue weighted by atomic mass is 35.5. The number of nitrogens with one attached hydrogen (secondary N) is 2. The van der Waals surface area contributed by atoms with E-state index in [1.54, 1.807) is 26.0 Å². The molecule has 2 N–H and O–H groups in total. The molecule has 2 amide bonds. The monoisotopic (exact) mass is 420 g/mol. The Morgan fingerprint density at radius 3 is 2.43 bits per heavy atom. The second kappa shape index (κ2) is 8.08. The standard InChI is InChI=1S/C20H15ClF2N2O2S/c1-10-3-6-15(23)16(7-10)24-20(27)18-11(2)8-17(28-18)25-19(26)13-5-4-12(22)9-14(13)21/h3-9H,1-2H3,(H,24,27)(H,25,26). The van der Waals surface area contributed by atoms with Gasteiger partial charge in [0, 0.05) is 0 Å². The highest BCUT2D eigenvalue weighted by Crippen LogP contribution is 2.29. The average molecular weight is 421 g/mol. The lowest BCUT2D eigenvalue weighted by molar-refractivity contribution is 0.102. The fraction of sp³-hybridized carbons (Fsp3) is 0.100. The van der Waals surface area contributed by atoms with Gasteiger partial charge in [-0.25, -0.2) is 8.78 Å². The van der Waals surface area contributed by atoms with E-state index in [1.165, 1.54) is 18.2 Å². The van der Waals surface area contributed by atoms with Crippen LogP contribution < -0.4 is 10.6 Å². The number of rotatable bonds is 4. The first kappa shape index (κ1) is 20.0. The third-order valence-corrected chi connectivity index (χ3v) is 5.37. The van der Waals surface area contributed by atoms with Crippen LogP contribution >= 0.6 is 22.9 Å². The van der Waals surface area contributed by atoms with Crippen molar-refractivity contribution >= 4 is 45.4 Å². The maximum atomic E-state index is 13.9. The summed E-state index contributed by atoms with van der Waals surface area (Å²) in [6.45, 7) is 3.50. The molecule has 0 aliphatic carbocycles. The molecule has 0 unspecified atom stereocenters. The summed E-state index contributed by atoms with van der Waals surface area (Å²) in [6.07, 6.45) is 0. The normalized spacial score (nSPS) is 10.6. The van der Waals surface area contributed by atoms with Crippen molar-refractivity contribution in [1.82, 2.24) is 0 Å². The van der Waals surface area contributed by atoms with Crippen LogP contribution in [0.1, 0.15) is 31.2 Å². The first-order valence-corrected chi connectivity index (χ1v) is 9.38. The van der Waals surface area contributed by atoms with Crippen LogP contribution in [0.4, 0.5) is 19.5 Å². The van der Waals surface area contributed by atoms with Crippen LogP contribution in [-0.4, -0.2) is 11.8 Å². The highest BCUT2D eigenvalue weighted by Gasteiger charge is 2.18. The van der Waals surface area contributed by atoms with Crippen LogP contribution in [-0.2, 0) is 0 Å². The summed E-state index contributed by atoms with van der Waals surface area (Å²) in [7, 11) is 0. The molecule has 3 rings (SSSR count). The molecule has 0 radical (unpaired) electrons. The van der Waals surface area contributed by atoms with E-state index in [0.29, 0.717) is 15.4 Å². The minimum atomic E-state index is -0.546. The summed E-state index contributed by atoms with van der Waals surface area (Å²) < 4.78 is 27.0. The summed E-state index contributed by atoms with van der Waals surface area (Å²) in [6, 6.07) is 9.51. The predicted octanol–water partition coefficient (Wildman–Crippen LogP) is 5.80. The fourth-order valence-corrected chi connectivity index (χ4v) is 3.75. The van der Waals surface area contributed by atoms with E-state index >= 15 is 0 Å². The zero-order valence-corrected chi connectivity index (χ0v) is 16.5. The van der Waals surface area contributed by atoms with Crippen molar-refractivity contribution in [3.8, 4) is 0 Å². The number of carbonyl (C=O) groups is 2. The van der Waals surface area contributed by atoms with Crippen LogP contribution in [0.5, 0.6) is 0 Å². The molecule has 0 atom stereocenters. The van der Waals surface area contributed by atoms with Gasteiger partial charge in [0.15, 0.2) is 0 Å². The van der Waals surface area contributed by atoms with Gasteiger partial charge in [-0.15, -0.1) is 11.3 Å². The molecule has 8 heteroatoms. The minimum absolute atomic E-state index is 0.0151. The van der Waals surface area contributed by atoms with Gasteiger partial charge in [0.1, 0.15) is 11.6 Å². The zero-order chi connectivity index (χ0) is 20.4. The molecule has 0 bridgehead atoms. The molecular weight excluding hydrogens is 406 g/mol. The van der Waals surface area contributed by atoms with E-state index < -0.39 is 23.4 Å². The third kappa shape index (κ3) is 4.37. The second-order valence-electron chi connectivity index (χ2n) is 6.14. The summed E-state index contributed by atoms with van der Waals surface area (Å²) >= 11 is 6.94. The predicted molar refractivity (Wildman–Crippen MR) is 108 cm³/mol. The van der Waals surface area contributed by atoms with E-state index in [4.69, 9.17) is 11.6 Å². The Kier molecular flexibility index (Phi) is 5.76. The lowest BCUT2D eigenvalue weighted by Gasteiger charge is -2.07. The van der Waals surface area contributed by atoms with Gasteiger partial charge < -0.3 is 10.6 Å². The topological polar surface area (TPSA) is 58.2 Å². The summed E-state index contributed by atoms with van der Waals surface area (Å²) in [5.74, 6) is -2.08. The first-order valence-electron chi connectivity index (χ1n) is 8.19. The summed E-state index contributed by atoms with van der Waals surface area (Å²) in [5, 5.41) is 5.58. The van der Waals surface area contributed by atoms with E-state index in [9.17, 15) is 18.4 Å². The van der Waals surface area contributed by atoms with Gasteiger partial charge in [-0.05, 0) is 61.4 Å². The molecule has 1 aromatic heterocycles. The zero-order valence-electron chi connectivity index (χ0n) is 14.9. The summed E-state index contributed by atoms with van der Waals surface area (Å²) in [5.41, 5.74) is 1.63. The van der Waals surface area contributed by atoms with E-state index in [1.807, 2.05) is 0 Å². The number of hydrogen-bond acceptors (Lipinski definition) is 3. The van der Waals surface area contributed by atoms with Crippen molar-refractivity contribution in [2.24, 2.45) is 0 Å². The Hall–Kier alpha value is -2.77.